The van der Waals surface area contributed by atoms with Gasteiger partial charge in [-0.15, -0.1) is 10.2 Å². The first kappa shape index (κ1) is 19.8. The molecule has 1 aromatic carbocycles. The number of ether oxygens (including phenoxy) is 1. The normalized spacial score (nSPS) is 20.7. The van der Waals surface area contributed by atoms with Crippen LogP contribution in [-0.2, 0) is 23.2 Å². The Balaban J connectivity index is 1.99. The summed E-state index contributed by atoms with van der Waals surface area (Å²) in [5.74, 6) is 0.461. The number of rotatable bonds is 0. The summed E-state index contributed by atoms with van der Waals surface area (Å²) in [5, 5.41) is 22.2. The number of aryl methyl sites for hydroxylation is 3. The summed E-state index contributed by atoms with van der Waals surface area (Å²) < 4.78 is 29.6. The van der Waals surface area contributed by atoms with E-state index in [4.69, 9.17) is 15.3 Å². The van der Waals surface area contributed by atoms with E-state index < -0.39 is 15.8 Å². The predicted molar refractivity (Wildman–Crippen MR) is 111 cm³/mol. The number of hydrogen-bond donors (Lipinski definition) is 2. The molecule has 3 aromatic rings. The van der Waals surface area contributed by atoms with Gasteiger partial charge in [0.25, 0.3) is 0 Å². The van der Waals surface area contributed by atoms with Gasteiger partial charge in [-0.3, -0.25) is 4.68 Å². The molecule has 1 aliphatic rings. The average molecular weight is 424 g/mol. The molecule has 3 N–H and O–H groups in total. The fourth-order valence-electron chi connectivity index (χ4n) is 3.64. The zero-order chi connectivity index (χ0) is 21.6. The average Bonchev–Trinajstić information content (AvgIpc) is 3.02. The van der Waals surface area contributed by atoms with E-state index >= 15 is 0 Å². The van der Waals surface area contributed by atoms with Gasteiger partial charge in [-0.1, -0.05) is 17.7 Å². The number of nitrogens with two attached hydrogens (primary N) is 1. The number of nitrogen functional groups attached to an aromatic ring is 1. The molecule has 2 aromatic heterocycles. The van der Waals surface area contributed by atoms with E-state index in [0.717, 1.165) is 5.56 Å². The zero-order valence-corrected chi connectivity index (χ0v) is 17.7. The summed E-state index contributed by atoms with van der Waals surface area (Å²) in [4.78, 5) is 0.431. The van der Waals surface area contributed by atoms with Gasteiger partial charge in [0.15, 0.2) is 11.6 Å². The minimum Gasteiger partial charge on any atom is -0.482 e. The van der Waals surface area contributed by atoms with Crippen molar-refractivity contribution < 1.29 is 8.95 Å². The van der Waals surface area contributed by atoms with Crippen LogP contribution in [-0.4, -0.2) is 29.9 Å². The smallest absolute Gasteiger partial charge is 0.188 e. The van der Waals surface area contributed by atoms with E-state index in [2.05, 4.69) is 21.4 Å². The summed E-state index contributed by atoms with van der Waals surface area (Å²) in [6, 6.07) is 9.23. The predicted octanol–water partition coefficient (Wildman–Crippen LogP) is 2.74. The Bertz CT molecular complexity index is 1310. The van der Waals surface area contributed by atoms with Crippen molar-refractivity contribution in [1.29, 1.82) is 10.0 Å². The SMILES string of the molecule is Cc1ccc2c(c1)[C@@H](C)Oc1cc(nnc1N)-c1c(nn(C)c1C#N)CCS2(=N)=O. The standard InChI is InChI=1S/C20H21N7O2S/c1-11-4-5-18-13(8-11)12(2)29-17-9-15(24-25-20(17)22)19-14(6-7-30(18,23)28)26-27(3)16(19)10-21/h4-5,8-9,12,23H,6-7H2,1-3H3,(H2,22,25)/t12-,30?/m1/s1. The van der Waals surface area contributed by atoms with Crippen LogP contribution >= 0.6 is 0 Å². The molecule has 0 saturated carbocycles. The molecule has 9 nitrogen and oxygen atoms in total. The van der Waals surface area contributed by atoms with Gasteiger partial charge >= 0.3 is 0 Å². The topological polar surface area (TPSA) is 144 Å². The third kappa shape index (κ3) is 3.27. The first-order valence-corrected chi connectivity index (χ1v) is 11.1. The van der Waals surface area contributed by atoms with Crippen LogP contribution in [0.4, 0.5) is 5.82 Å². The highest BCUT2D eigenvalue weighted by Gasteiger charge is 2.26. The second kappa shape index (κ2) is 7.11. The van der Waals surface area contributed by atoms with Crippen molar-refractivity contribution in [3.05, 3.63) is 46.8 Å². The van der Waals surface area contributed by atoms with Crippen LogP contribution in [0.3, 0.4) is 0 Å². The molecule has 2 atom stereocenters. The molecule has 30 heavy (non-hydrogen) atoms. The van der Waals surface area contributed by atoms with E-state index in [1.165, 1.54) is 4.68 Å². The molecule has 3 heterocycles. The molecular formula is C20H21N7O2S. The second-order valence-electron chi connectivity index (χ2n) is 7.32. The Kier molecular flexibility index (Phi) is 4.70. The Morgan fingerprint density at radius 3 is 2.87 bits per heavy atom. The van der Waals surface area contributed by atoms with Crippen molar-refractivity contribution >= 4 is 15.5 Å². The maximum Gasteiger partial charge on any atom is 0.188 e. The van der Waals surface area contributed by atoms with Crippen molar-refractivity contribution in [2.45, 2.75) is 31.3 Å². The molecule has 1 aliphatic heterocycles. The van der Waals surface area contributed by atoms with Crippen LogP contribution in [0.1, 0.15) is 35.5 Å². The van der Waals surface area contributed by atoms with Gasteiger partial charge in [0.1, 0.15) is 23.6 Å². The number of fused-ring (bicyclic) bond motifs is 5. The van der Waals surface area contributed by atoms with E-state index in [0.29, 0.717) is 38.9 Å². The van der Waals surface area contributed by atoms with E-state index in [1.807, 2.05) is 26.0 Å². The minimum absolute atomic E-state index is 0.0555. The van der Waals surface area contributed by atoms with Gasteiger partial charge < -0.3 is 10.5 Å². The zero-order valence-electron chi connectivity index (χ0n) is 16.8. The molecule has 4 rings (SSSR count). The summed E-state index contributed by atoms with van der Waals surface area (Å²) in [6.45, 7) is 3.74. The molecule has 1 unspecified atom stereocenters. The van der Waals surface area contributed by atoms with E-state index in [9.17, 15) is 9.47 Å². The van der Waals surface area contributed by atoms with Gasteiger partial charge in [-0.2, -0.15) is 10.4 Å². The van der Waals surface area contributed by atoms with Crippen molar-refractivity contribution in [3.63, 3.8) is 0 Å². The van der Waals surface area contributed by atoms with Crippen molar-refractivity contribution in [2.24, 2.45) is 7.05 Å². The largest absolute Gasteiger partial charge is 0.482 e. The monoisotopic (exact) mass is 423 g/mol. The molecule has 0 saturated heterocycles. The van der Waals surface area contributed by atoms with Crippen LogP contribution in [0.25, 0.3) is 11.3 Å². The quantitative estimate of drug-likeness (QED) is 0.565. The molecule has 0 aliphatic carbocycles. The highest BCUT2D eigenvalue weighted by atomic mass is 32.2. The van der Waals surface area contributed by atoms with Gasteiger partial charge in [0.2, 0.25) is 0 Å². The fraction of sp³-hybridized carbons (Fsp3) is 0.300. The highest BCUT2D eigenvalue weighted by molar-refractivity contribution is 7.92. The third-order valence-corrected chi connectivity index (χ3v) is 7.02. The molecular weight excluding hydrogens is 402 g/mol. The lowest BCUT2D eigenvalue weighted by Gasteiger charge is -2.21. The number of nitriles is 1. The number of anilines is 1. The Hall–Kier alpha value is -3.45. The van der Waals surface area contributed by atoms with Crippen LogP contribution in [0.2, 0.25) is 0 Å². The van der Waals surface area contributed by atoms with Gasteiger partial charge in [0.05, 0.1) is 25.9 Å². The lowest BCUT2D eigenvalue weighted by Crippen LogP contribution is -2.16. The maximum absolute atomic E-state index is 13.4. The van der Waals surface area contributed by atoms with Crippen LogP contribution < -0.4 is 10.5 Å². The van der Waals surface area contributed by atoms with Crippen molar-refractivity contribution in [3.8, 4) is 23.1 Å². The summed E-state index contributed by atoms with van der Waals surface area (Å²) in [6.07, 6.45) is -0.273. The lowest BCUT2D eigenvalue weighted by molar-refractivity contribution is 0.224. The number of hydrogen-bond acceptors (Lipinski definition) is 8. The number of nitrogens with zero attached hydrogens (tertiary/aromatic N) is 5. The molecule has 154 valence electrons. The minimum atomic E-state index is -3.14. The fourth-order valence-corrected chi connectivity index (χ4v) is 5.24. The van der Waals surface area contributed by atoms with Crippen LogP contribution in [0, 0.1) is 23.0 Å². The Morgan fingerprint density at radius 2 is 2.13 bits per heavy atom. The number of benzene rings is 1. The van der Waals surface area contributed by atoms with Gasteiger partial charge in [-0.05, 0) is 19.9 Å². The number of nitrogens with one attached hydrogen (secondary N) is 1. The first-order chi connectivity index (χ1) is 14.2. The lowest BCUT2D eigenvalue weighted by atomic mass is 10.1. The van der Waals surface area contributed by atoms with Crippen molar-refractivity contribution in [1.82, 2.24) is 20.0 Å². The molecule has 2 bridgehead atoms. The summed E-state index contributed by atoms with van der Waals surface area (Å²) in [7, 11) is -1.49. The van der Waals surface area contributed by atoms with Gasteiger partial charge in [0, 0.05) is 30.9 Å². The number of aromatic nitrogens is 4. The third-order valence-electron chi connectivity index (χ3n) is 5.16. The molecule has 0 spiro atoms. The van der Waals surface area contributed by atoms with Crippen LogP contribution in [0.15, 0.2) is 29.2 Å². The van der Waals surface area contributed by atoms with Crippen LogP contribution in [0.5, 0.6) is 5.75 Å². The second-order valence-corrected chi connectivity index (χ2v) is 9.51. The van der Waals surface area contributed by atoms with E-state index in [-0.39, 0.29) is 18.0 Å². The first-order valence-electron chi connectivity index (χ1n) is 9.34. The van der Waals surface area contributed by atoms with E-state index in [1.54, 1.807) is 19.2 Å². The highest BCUT2D eigenvalue weighted by Crippen LogP contribution is 2.35. The summed E-state index contributed by atoms with van der Waals surface area (Å²) in [5.41, 5.74) is 9.36. The molecule has 0 amide bonds. The molecule has 0 radical (unpaired) electrons. The van der Waals surface area contributed by atoms with Gasteiger partial charge in [-0.25, -0.2) is 8.99 Å². The maximum atomic E-state index is 13.4. The summed E-state index contributed by atoms with van der Waals surface area (Å²) >= 11 is 0. The Labute approximate surface area is 174 Å². The molecule has 10 heteroatoms. The van der Waals surface area contributed by atoms with Crippen molar-refractivity contribution in [2.75, 3.05) is 11.5 Å². The Morgan fingerprint density at radius 1 is 1.37 bits per heavy atom. The molecule has 0 fully saturated rings.